The van der Waals surface area contributed by atoms with Gasteiger partial charge in [-0.15, -0.1) is 0 Å². The summed E-state index contributed by atoms with van der Waals surface area (Å²) < 4.78 is 27.8. The summed E-state index contributed by atoms with van der Waals surface area (Å²) in [7, 11) is 0. The van der Waals surface area contributed by atoms with Gasteiger partial charge in [0.2, 0.25) is 0 Å². The molecular formula is C14H18F2O. The molecule has 1 aromatic carbocycles. The Labute approximate surface area is 100 Å². The Bertz CT molecular complexity index is 344. The van der Waals surface area contributed by atoms with Crippen molar-refractivity contribution < 1.29 is 13.9 Å². The van der Waals surface area contributed by atoms with Crippen molar-refractivity contribution in [3.63, 3.8) is 0 Å². The van der Waals surface area contributed by atoms with E-state index < -0.39 is 18.4 Å². The standard InChI is InChI=1S/C14H18F2O/c15-14(16,12-8-2-1-3-9-12)10-13(17)11-6-4-5-7-11/h1-3,8-9,11,13,17H,4-7,10H2/t13-/m1/s1. The lowest BCUT2D eigenvalue weighted by atomic mass is 9.93. The lowest BCUT2D eigenvalue weighted by Crippen LogP contribution is -2.27. The molecule has 1 nitrogen and oxygen atoms in total. The minimum atomic E-state index is -2.93. The van der Waals surface area contributed by atoms with Gasteiger partial charge in [0.15, 0.2) is 0 Å². The van der Waals surface area contributed by atoms with E-state index in [2.05, 4.69) is 0 Å². The highest BCUT2D eigenvalue weighted by Gasteiger charge is 2.37. The molecule has 0 aliphatic heterocycles. The maximum absolute atomic E-state index is 13.9. The van der Waals surface area contributed by atoms with Crippen LogP contribution in [0.1, 0.15) is 37.7 Å². The fourth-order valence-electron chi connectivity index (χ4n) is 2.57. The largest absolute Gasteiger partial charge is 0.393 e. The van der Waals surface area contributed by atoms with Crippen molar-refractivity contribution >= 4 is 0 Å². The average Bonchev–Trinajstić information content (AvgIpc) is 2.83. The van der Waals surface area contributed by atoms with Crippen LogP contribution in [0.25, 0.3) is 0 Å². The van der Waals surface area contributed by atoms with Crippen LogP contribution in [0, 0.1) is 5.92 Å². The van der Waals surface area contributed by atoms with E-state index >= 15 is 0 Å². The summed E-state index contributed by atoms with van der Waals surface area (Å²) in [5.41, 5.74) is -0.00273. The highest BCUT2D eigenvalue weighted by molar-refractivity contribution is 5.20. The molecule has 0 unspecified atom stereocenters. The number of alkyl halides is 2. The Morgan fingerprint density at radius 2 is 1.76 bits per heavy atom. The van der Waals surface area contributed by atoms with E-state index in [4.69, 9.17) is 0 Å². The summed E-state index contributed by atoms with van der Waals surface area (Å²) in [6, 6.07) is 7.76. The summed E-state index contributed by atoms with van der Waals surface area (Å²) in [6.45, 7) is 0. The van der Waals surface area contributed by atoms with Crippen molar-refractivity contribution in [2.45, 2.75) is 44.1 Å². The number of hydrogen-bond donors (Lipinski definition) is 1. The van der Waals surface area contributed by atoms with Gasteiger partial charge in [-0.2, -0.15) is 0 Å². The van der Waals surface area contributed by atoms with Gasteiger partial charge in [-0.05, 0) is 18.8 Å². The first kappa shape index (κ1) is 12.5. The van der Waals surface area contributed by atoms with Gasteiger partial charge in [0, 0.05) is 12.0 Å². The van der Waals surface area contributed by atoms with E-state index in [1.165, 1.54) is 12.1 Å². The minimum absolute atomic E-state index is 0.00273. The zero-order valence-electron chi connectivity index (χ0n) is 9.78. The van der Waals surface area contributed by atoms with Gasteiger partial charge in [-0.1, -0.05) is 43.2 Å². The van der Waals surface area contributed by atoms with Gasteiger partial charge in [0.05, 0.1) is 6.10 Å². The molecule has 0 amide bonds. The quantitative estimate of drug-likeness (QED) is 0.850. The molecule has 0 radical (unpaired) electrons. The van der Waals surface area contributed by atoms with Gasteiger partial charge >= 0.3 is 0 Å². The van der Waals surface area contributed by atoms with Gasteiger partial charge in [0.1, 0.15) is 0 Å². The fourth-order valence-corrected chi connectivity index (χ4v) is 2.57. The number of benzene rings is 1. The second-order valence-electron chi connectivity index (χ2n) is 4.89. The van der Waals surface area contributed by atoms with Crippen LogP contribution in [0.2, 0.25) is 0 Å². The second kappa shape index (κ2) is 5.13. The van der Waals surface area contributed by atoms with Gasteiger partial charge in [0.25, 0.3) is 5.92 Å². The fraction of sp³-hybridized carbons (Fsp3) is 0.571. The smallest absolute Gasteiger partial charge is 0.275 e. The molecule has 94 valence electrons. The Balaban J connectivity index is 2.01. The van der Waals surface area contributed by atoms with Crippen LogP contribution in [0.3, 0.4) is 0 Å². The maximum atomic E-state index is 13.9. The second-order valence-corrected chi connectivity index (χ2v) is 4.89. The number of hydrogen-bond acceptors (Lipinski definition) is 1. The summed E-state index contributed by atoms with van der Waals surface area (Å²) in [5, 5.41) is 9.87. The summed E-state index contributed by atoms with van der Waals surface area (Å²) in [6.07, 6.45) is 2.53. The zero-order chi connectivity index (χ0) is 12.3. The van der Waals surface area contributed by atoms with E-state index in [9.17, 15) is 13.9 Å². The molecule has 2 rings (SSSR count). The Morgan fingerprint density at radius 1 is 1.18 bits per heavy atom. The number of rotatable bonds is 4. The van der Waals surface area contributed by atoms with Crippen LogP contribution in [0.4, 0.5) is 8.78 Å². The van der Waals surface area contributed by atoms with E-state index in [0.717, 1.165) is 25.7 Å². The molecule has 1 fully saturated rings. The summed E-state index contributed by atoms with van der Waals surface area (Å²) in [4.78, 5) is 0. The van der Waals surface area contributed by atoms with E-state index in [0.29, 0.717) is 0 Å². The molecule has 1 N–H and O–H groups in total. The molecule has 3 heteroatoms. The van der Waals surface area contributed by atoms with Gasteiger partial charge in [-0.3, -0.25) is 0 Å². The number of halogens is 2. The predicted molar refractivity (Wildman–Crippen MR) is 62.9 cm³/mol. The molecule has 1 saturated carbocycles. The monoisotopic (exact) mass is 240 g/mol. The van der Waals surface area contributed by atoms with Crippen LogP contribution in [-0.2, 0) is 5.92 Å². The molecule has 1 aromatic rings. The van der Waals surface area contributed by atoms with E-state index in [1.807, 2.05) is 0 Å². The molecule has 1 aliphatic carbocycles. The minimum Gasteiger partial charge on any atom is -0.393 e. The molecule has 0 bridgehead atoms. The first-order valence-electron chi connectivity index (χ1n) is 6.21. The van der Waals surface area contributed by atoms with Crippen LogP contribution in [0.15, 0.2) is 30.3 Å². The highest BCUT2D eigenvalue weighted by Crippen LogP contribution is 2.37. The van der Waals surface area contributed by atoms with Crippen molar-refractivity contribution in [1.29, 1.82) is 0 Å². The van der Waals surface area contributed by atoms with Crippen LogP contribution >= 0.6 is 0 Å². The summed E-state index contributed by atoms with van der Waals surface area (Å²) >= 11 is 0. The molecule has 17 heavy (non-hydrogen) atoms. The third-order valence-electron chi connectivity index (χ3n) is 3.61. The topological polar surface area (TPSA) is 20.2 Å². The van der Waals surface area contributed by atoms with E-state index in [1.54, 1.807) is 18.2 Å². The SMILES string of the molecule is O[C@H](CC(F)(F)c1ccccc1)C1CCCC1. The zero-order valence-corrected chi connectivity index (χ0v) is 9.78. The summed E-state index contributed by atoms with van der Waals surface area (Å²) in [5.74, 6) is -2.87. The predicted octanol–water partition coefficient (Wildman–Crippen LogP) is 3.72. The molecule has 1 atom stereocenters. The molecular weight excluding hydrogens is 222 g/mol. The van der Waals surface area contributed by atoms with Gasteiger partial charge in [-0.25, -0.2) is 8.78 Å². The molecule has 0 aromatic heterocycles. The Kier molecular flexibility index (Phi) is 3.77. The van der Waals surface area contributed by atoms with Gasteiger partial charge < -0.3 is 5.11 Å². The molecule has 0 spiro atoms. The van der Waals surface area contributed by atoms with Crippen molar-refractivity contribution in [2.75, 3.05) is 0 Å². The average molecular weight is 240 g/mol. The van der Waals surface area contributed by atoms with Crippen LogP contribution in [-0.4, -0.2) is 11.2 Å². The molecule has 1 aliphatic rings. The maximum Gasteiger partial charge on any atom is 0.275 e. The third-order valence-corrected chi connectivity index (χ3v) is 3.61. The first-order valence-corrected chi connectivity index (χ1v) is 6.21. The third kappa shape index (κ3) is 3.03. The van der Waals surface area contributed by atoms with Crippen molar-refractivity contribution in [3.8, 4) is 0 Å². The first-order chi connectivity index (χ1) is 8.09. The Morgan fingerprint density at radius 3 is 2.35 bits per heavy atom. The van der Waals surface area contributed by atoms with Crippen molar-refractivity contribution in [1.82, 2.24) is 0 Å². The molecule has 0 heterocycles. The lowest BCUT2D eigenvalue weighted by molar-refractivity contribution is -0.0628. The van der Waals surface area contributed by atoms with Crippen molar-refractivity contribution in [3.05, 3.63) is 35.9 Å². The number of aliphatic hydroxyl groups is 1. The van der Waals surface area contributed by atoms with Crippen molar-refractivity contribution in [2.24, 2.45) is 5.92 Å². The van der Waals surface area contributed by atoms with Crippen LogP contribution in [0.5, 0.6) is 0 Å². The highest BCUT2D eigenvalue weighted by atomic mass is 19.3. The molecule has 0 saturated heterocycles. The van der Waals surface area contributed by atoms with Crippen LogP contribution < -0.4 is 0 Å². The normalized spacial score (nSPS) is 19.5. The number of aliphatic hydroxyl groups excluding tert-OH is 1. The Hall–Kier alpha value is -0.960. The van der Waals surface area contributed by atoms with E-state index in [-0.39, 0.29) is 11.5 Å². The lowest BCUT2D eigenvalue weighted by Gasteiger charge is -2.24.